The molecule has 0 saturated carbocycles. The molecule has 0 bridgehead atoms. The Kier molecular flexibility index (Phi) is 3.53. The van der Waals surface area contributed by atoms with E-state index in [1.165, 1.54) is 10.9 Å². The molecular formula is C14H11N3O2. The molecule has 2 aromatic rings. The number of nitrogens with zero attached hydrogens (tertiary/aromatic N) is 3. The first-order chi connectivity index (χ1) is 9.10. The quantitative estimate of drug-likeness (QED) is 0.614. The number of Topliss-reactive ketones (excluding diaryl/α,β-unsaturated/α-hetero) is 2. The number of nitriles is 1. The minimum Gasteiger partial charge on any atom is -0.294 e. The first-order valence-electron chi connectivity index (χ1n) is 5.65. The molecule has 0 N–H and O–H groups in total. The predicted molar refractivity (Wildman–Crippen MR) is 67.6 cm³/mol. The summed E-state index contributed by atoms with van der Waals surface area (Å²) in [7, 11) is 1.71. The number of ketones is 2. The second-order valence-corrected chi connectivity index (χ2v) is 4.11. The van der Waals surface area contributed by atoms with Crippen molar-refractivity contribution in [1.82, 2.24) is 9.78 Å². The summed E-state index contributed by atoms with van der Waals surface area (Å²) in [5.74, 6) is -0.527. The maximum atomic E-state index is 11.9. The molecule has 0 aliphatic carbocycles. The number of aromatic nitrogens is 2. The minimum absolute atomic E-state index is 0.197. The van der Waals surface area contributed by atoms with Crippen LogP contribution < -0.4 is 0 Å². The van der Waals surface area contributed by atoms with Crippen molar-refractivity contribution in [3.63, 3.8) is 0 Å². The largest absolute Gasteiger partial charge is 0.294 e. The monoisotopic (exact) mass is 253 g/mol. The van der Waals surface area contributed by atoms with Crippen molar-refractivity contribution < 1.29 is 9.59 Å². The third-order valence-electron chi connectivity index (χ3n) is 2.68. The van der Waals surface area contributed by atoms with Crippen LogP contribution in [0, 0.1) is 11.3 Å². The van der Waals surface area contributed by atoms with Gasteiger partial charge < -0.3 is 0 Å². The van der Waals surface area contributed by atoms with Crippen molar-refractivity contribution in [2.24, 2.45) is 7.05 Å². The van der Waals surface area contributed by atoms with E-state index in [0.29, 0.717) is 16.7 Å². The third kappa shape index (κ3) is 2.93. The highest BCUT2D eigenvalue weighted by atomic mass is 16.1. The summed E-state index contributed by atoms with van der Waals surface area (Å²) >= 11 is 0. The van der Waals surface area contributed by atoms with Gasteiger partial charge >= 0.3 is 0 Å². The molecule has 0 fully saturated rings. The van der Waals surface area contributed by atoms with Gasteiger partial charge in [-0.2, -0.15) is 10.4 Å². The van der Waals surface area contributed by atoms with Gasteiger partial charge in [-0.15, -0.1) is 0 Å². The van der Waals surface area contributed by atoms with Gasteiger partial charge in [0.05, 0.1) is 29.8 Å². The van der Waals surface area contributed by atoms with E-state index in [0.717, 1.165) is 0 Å². The smallest absolute Gasteiger partial charge is 0.173 e. The average Bonchev–Trinajstić information content (AvgIpc) is 2.85. The SMILES string of the molecule is Cn1cc(C(=O)CC(=O)c2ccc(C#N)cc2)cn1. The molecule has 0 aliphatic heterocycles. The maximum Gasteiger partial charge on any atom is 0.173 e. The molecule has 94 valence electrons. The molecule has 5 heteroatoms. The van der Waals surface area contributed by atoms with Crippen molar-refractivity contribution in [2.45, 2.75) is 6.42 Å². The summed E-state index contributed by atoms with van der Waals surface area (Å²) in [6, 6.07) is 8.19. The Balaban J connectivity index is 2.08. The van der Waals surface area contributed by atoms with E-state index in [1.54, 1.807) is 37.5 Å². The number of hydrogen-bond donors (Lipinski definition) is 0. The number of carbonyl (C=O) groups is 2. The highest BCUT2D eigenvalue weighted by molar-refractivity contribution is 6.13. The van der Waals surface area contributed by atoms with Gasteiger partial charge in [0.15, 0.2) is 11.6 Å². The van der Waals surface area contributed by atoms with E-state index in [4.69, 9.17) is 5.26 Å². The zero-order valence-electron chi connectivity index (χ0n) is 10.3. The Hall–Kier alpha value is -2.74. The van der Waals surface area contributed by atoms with E-state index in [-0.39, 0.29) is 18.0 Å². The Morgan fingerprint density at radius 2 is 1.84 bits per heavy atom. The Morgan fingerprint density at radius 3 is 2.37 bits per heavy atom. The number of aryl methyl sites for hydroxylation is 1. The third-order valence-corrected chi connectivity index (χ3v) is 2.68. The molecule has 0 saturated heterocycles. The van der Waals surface area contributed by atoms with Gasteiger partial charge in [0.25, 0.3) is 0 Å². The summed E-state index contributed by atoms with van der Waals surface area (Å²) in [5.41, 5.74) is 1.33. The first-order valence-corrected chi connectivity index (χ1v) is 5.65. The van der Waals surface area contributed by atoms with E-state index in [2.05, 4.69) is 5.10 Å². The summed E-state index contributed by atoms with van der Waals surface area (Å²) < 4.78 is 1.51. The van der Waals surface area contributed by atoms with Crippen LogP contribution in [-0.2, 0) is 7.05 Å². The van der Waals surface area contributed by atoms with E-state index in [1.807, 2.05) is 6.07 Å². The summed E-state index contributed by atoms with van der Waals surface area (Å²) in [5, 5.41) is 12.6. The highest BCUT2D eigenvalue weighted by Gasteiger charge is 2.14. The van der Waals surface area contributed by atoms with Crippen molar-refractivity contribution in [3.8, 4) is 6.07 Å². The zero-order chi connectivity index (χ0) is 13.8. The number of rotatable bonds is 4. The van der Waals surface area contributed by atoms with Crippen LogP contribution in [-0.4, -0.2) is 21.3 Å². The van der Waals surface area contributed by atoms with Gasteiger partial charge in [0.2, 0.25) is 0 Å². The molecule has 0 aliphatic rings. The molecule has 1 aromatic carbocycles. The lowest BCUT2D eigenvalue weighted by Crippen LogP contribution is -2.08. The fourth-order valence-electron chi connectivity index (χ4n) is 1.65. The number of benzene rings is 1. The second-order valence-electron chi connectivity index (χ2n) is 4.11. The molecule has 0 unspecified atom stereocenters. The van der Waals surface area contributed by atoms with Gasteiger partial charge in [-0.25, -0.2) is 0 Å². The molecule has 1 heterocycles. The standard InChI is InChI=1S/C14H11N3O2/c1-17-9-12(8-16-17)14(19)6-13(18)11-4-2-10(7-15)3-5-11/h2-5,8-9H,6H2,1H3. The maximum absolute atomic E-state index is 11.9. The normalized spacial score (nSPS) is 9.89. The van der Waals surface area contributed by atoms with Crippen LogP contribution in [0.2, 0.25) is 0 Å². The van der Waals surface area contributed by atoms with Gasteiger partial charge in [-0.1, -0.05) is 12.1 Å². The van der Waals surface area contributed by atoms with Crippen LogP contribution in [0.3, 0.4) is 0 Å². The highest BCUT2D eigenvalue weighted by Crippen LogP contribution is 2.09. The molecule has 19 heavy (non-hydrogen) atoms. The van der Waals surface area contributed by atoms with E-state index in [9.17, 15) is 9.59 Å². The van der Waals surface area contributed by atoms with Crippen LogP contribution in [0.1, 0.15) is 32.7 Å². The second kappa shape index (κ2) is 5.27. The molecule has 0 atom stereocenters. The van der Waals surface area contributed by atoms with E-state index < -0.39 is 0 Å². The average molecular weight is 253 g/mol. The topological polar surface area (TPSA) is 75.8 Å². The predicted octanol–water partition coefficient (Wildman–Crippen LogP) is 1.75. The molecule has 2 rings (SSSR count). The van der Waals surface area contributed by atoms with E-state index >= 15 is 0 Å². The molecule has 1 aromatic heterocycles. The van der Waals surface area contributed by atoms with Gasteiger partial charge in [-0.3, -0.25) is 14.3 Å². The first kappa shape index (κ1) is 12.7. The van der Waals surface area contributed by atoms with Crippen LogP contribution in [0.4, 0.5) is 0 Å². The lowest BCUT2D eigenvalue weighted by molar-refractivity contribution is 0.0894. The van der Waals surface area contributed by atoms with Crippen molar-refractivity contribution in [3.05, 3.63) is 53.3 Å². The van der Waals surface area contributed by atoms with Gasteiger partial charge in [-0.05, 0) is 12.1 Å². The van der Waals surface area contributed by atoms with Crippen LogP contribution in [0.5, 0.6) is 0 Å². The molecule has 0 amide bonds. The van der Waals surface area contributed by atoms with Gasteiger partial charge in [0.1, 0.15) is 0 Å². The van der Waals surface area contributed by atoms with Gasteiger partial charge in [0, 0.05) is 18.8 Å². The summed E-state index contributed by atoms with van der Waals surface area (Å²) in [6.45, 7) is 0. The summed E-state index contributed by atoms with van der Waals surface area (Å²) in [4.78, 5) is 23.7. The minimum atomic E-state index is -0.265. The van der Waals surface area contributed by atoms with Crippen LogP contribution in [0.15, 0.2) is 36.7 Å². The number of hydrogen-bond acceptors (Lipinski definition) is 4. The molecular weight excluding hydrogens is 242 g/mol. The lowest BCUT2D eigenvalue weighted by atomic mass is 10.0. The van der Waals surface area contributed by atoms with Crippen LogP contribution >= 0.6 is 0 Å². The molecule has 5 nitrogen and oxygen atoms in total. The van der Waals surface area contributed by atoms with Crippen molar-refractivity contribution in [1.29, 1.82) is 5.26 Å². The molecule has 0 radical (unpaired) electrons. The fourth-order valence-corrected chi connectivity index (χ4v) is 1.65. The lowest BCUT2D eigenvalue weighted by Gasteiger charge is -1.99. The van der Waals surface area contributed by atoms with Crippen LogP contribution in [0.25, 0.3) is 0 Å². The zero-order valence-corrected chi connectivity index (χ0v) is 10.3. The van der Waals surface area contributed by atoms with Crippen molar-refractivity contribution >= 4 is 11.6 Å². The molecule has 0 spiro atoms. The van der Waals surface area contributed by atoms with Crippen molar-refractivity contribution in [2.75, 3.05) is 0 Å². The number of carbonyl (C=O) groups excluding carboxylic acids is 2. The Labute approximate surface area is 110 Å². The Morgan fingerprint density at radius 1 is 1.21 bits per heavy atom. The fraction of sp³-hybridized carbons (Fsp3) is 0.143. The Bertz CT molecular complexity index is 663. The summed E-state index contributed by atoms with van der Waals surface area (Å²) in [6.07, 6.45) is 2.82.